The van der Waals surface area contributed by atoms with Crippen molar-refractivity contribution in [2.24, 2.45) is 11.8 Å². The van der Waals surface area contributed by atoms with Crippen LogP contribution >= 0.6 is 0 Å². The average molecular weight is 302 g/mol. The summed E-state index contributed by atoms with van der Waals surface area (Å²) in [6.07, 6.45) is 0. The smallest absolute Gasteiger partial charge is 0.321 e. The summed E-state index contributed by atoms with van der Waals surface area (Å²) in [6.45, 7) is 1.92. The molecule has 0 spiro atoms. The standard InChI is InChI=1S/C13H13F3N2O3/c1-6-4-18(5-8(6)12(19)20)13(21)17-7-2-9(14)11(16)10(15)3-7/h2-3,6,8H,4-5H2,1H3,(H,17,21)(H,19,20)/t6-,8-/m1/s1. The minimum Gasteiger partial charge on any atom is -0.481 e. The molecule has 0 aromatic heterocycles. The molecule has 1 aliphatic heterocycles. The van der Waals surface area contributed by atoms with Crippen molar-refractivity contribution in [3.63, 3.8) is 0 Å². The van der Waals surface area contributed by atoms with Crippen LogP contribution in [0.2, 0.25) is 0 Å². The molecule has 8 heteroatoms. The van der Waals surface area contributed by atoms with Crippen molar-refractivity contribution < 1.29 is 27.9 Å². The number of likely N-dealkylation sites (tertiary alicyclic amines) is 1. The van der Waals surface area contributed by atoms with Gasteiger partial charge in [0.1, 0.15) is 0 Å². The number of amides is 2. The number of carbonyl (C=O) groups is 2. The normalized spacial score (nSPS) is 21.4. The van der Waals surface area contributed by atoms with Gasteiger partial charge in [-0.3, -0.25) is 4.79 Å². The fraction of sp³-hybridized carbons (Fsp3) is 0.385. The number of carboxylic acids is 1. The van der Waals surface area contributed by atoms with Crippen LogP contribution in [0.5, 0.6) is 0 Å². The Labute approximate surface area is 118 Å². The molecule has 0 bridgehead atoms. The van der Waals surface area contributed by atoms with Crippen molar-refractivity contribution in [3.05, 3.63) is 29.6 Å². The molecule has 2 N–H and O–H groups in total. The molecule has 1 heterocycles. The summed E-state index contributed by atoms with van der Waals surface area (Å²) in [5.41, 5.74) is -0.233. The second-order valence-electron chi connectivity index (χ2n) is 5.01. The number of benzene rings is 1. The van der Waals surface area contributed by atoms with Gasteiger partial charge in [0.05, 0.1) is 5.92 Å². The molecule has 5 nitrogen and oxygen atoms in total. The predicted molar refractivity (Wildman–Crippen MR) is 67.2 cm³/mol. The van der Waals surface area contributed by atoms with Gasteiger partial charge < -0.3 is 15.3 Å². The van der Waals surface area contributed by atoms with E-state index < -0.39 is 35.4 Å². The first kappa shape index (κ1) is 15.1. The van der Waals surface area contributed by atoms with Crippen LogP contribution in [0.3, 0.4) is 0 Å². The molecule has 2 atom stereocenters. The number of nitrogens with one attached hydrogen (secondary N) is 1. The zero-order valence-corrected chi connectivity index (χ0v) is 11.1. The van der Waals surface area contributed by atoms with E-state index in [2.05, 4.69) is 5.32 Å². The van der Waals surface area contributed by atoms with E-state index in [4.69, 9.17) is 5.11 Å². The van der Waals surface area contributed by atoms with Crippen molar-refractivity contribution in [2.75, 3.05) is 18.4 Å². The lowest BCUT2D eigenvalue weighted by molar-refractivity contribution is -0.142. The molecule has 1 fully saturated rings. The topological polar surface area (TPSA) is 69.6 Å². The van der Waals surface area contributed by atoms with Gasteiger partial charge in [0.25, 0.3) is 0 Å². The Morgan fingerprint density at radius 1 is 1.24 bits per heavy atom. The van der Waals surface area contributed by atoms with Crippen LogP contribution in [0.4, 0.5) is 23.7 Å². The Bertz CT molecular complexity index is 571. The summed E-state index contributed by atoms with van der Waals surface area (Å²) in [4.78, 5) is 24.1. The van der Waals surface area contributed by atoms with Gasteiger partial charge in [-0.25, -0.2) is 18.0 Å². The van der Waals surface area contributed by atoms with E-state index in [9.17, 15) is 22.8 Å². The summed E-state index contributed by atoms with van der Waals surface area (Å²) >= 11 is 0. The molecular weight excluding hydrogens is 289 g/mol. The monoisotopic (exact) mass is 302 g/mol. The van der Waals surface area contributed by atoms with Gasteiger partial charge in [-0.05, 0) is 5.92 Å². The molecule has 0 saturated carbocycles. The summed E-state index contributed by atoms with van der Waals surface area (Å²) in [5.74, 6) is -6.36. The maximum atomic E-state index is 13.0. The van der Waals surface area contributed by atoms with Gasteiger partial charge in [-0.1, -0.05) is 6.92 Å². The van der Waals surface area contributed by atoms with Crippen LogP contribution in [0.25, 0.3) is 0 Å². The van der Waals surface area contributed by atoms with Crippen molar-refractivity contribution >= 4 is 17.7 Å². The number of anilines is 1. The lowest BCUT2D eigenvalue weighted by atomic mass is 9.99. The van der Waals surface area contributed by atoms with Crippen LogP contribution in [0.15, 0.2) is 12.1 Å². The van der Waals surface area contributed by atoms with Crippen molar-refractivity contribution in [1.82, 2.24) is 4.90 Å². The summed E-state index contributed by atoms with van der Waals surface area (Å²) in [5, 5.41) is 11.2. The van der Waals surface area contributed by atoms with E-state index in [-0.39, 0.29) is 24.7 Å². The van der Waals surface area contributed by atoms with Crippen LogP contribution < -0.4 is 5.32 Å². The third-order valence-electron chi connectivity index (χ3n) is 3.45. The quantitative estimate of drug-likeness (QED) is 0.824. The third-order valence-corrected chi connectivity index (χ3v) is 3.45. The van der Waals surface area contributed by atoms with E-state index >= 15 is 0 Å². The van der Waals surface area contributed by atoms with Gasteiger partial charge in [0.2, 0.25) is 0 Å². The highest BCUT2D eigenvalue weighted by molar-refractivity contribution is 5.90. The van der Waals surface area contributed by atoms with Crippen LogP contribution in [-0.2, 0) is 4.79 Å². The van der Waals surface area contributed by atoms with Gasteiger partial charge in [0.15, 0.2) is 17.5 Å². The number of carbonyl (C=O) groups excluding carboxylic acids is 1. The molecule has 1 saturated heterocycles. The molecule has 1 aliphatic rings. The minimum absolute atomic E-state index is 0.00842. The molecule has 21 heavy (non-hydrogen) atoms. The van der Waals surface area contributed by atoms with Crippen LogP contribution in [-0.4, -0.2) is 35.1 Å². The van der Waals surface area contributed by atoms with E-state index in [1.165, 1.54) is 4.90 Å². The Hall–Kier alpha value is -2.25. The van der Waals surface area contributed by atoms with Gasteiger partial charge in [-0.2, -0.15) is 0 Å². The number of rotatable bonds is 2. The van der Waals surface area contributed by atoms with Crippen molar-refractivity contribution in [1.29, 1.82) is 0 Å². The Morgan fingerprint density at radius 2 is 1.81 bits per heavy atom. The number of nitrogens with zero attached hydrogens (tertiary/aromatic N) is 1. The van der Waals surface area contributed by atoms with Gasteiger partial charge in [-0.15, -0.1) is 0 Å². The summed E-state index contributed by atoms with van der Waals surface area (Å²) in [7, 11) is 0. The molecule has 1 aromatic rings. The molecular formula is C13H13F3N2O3. The maximum absolute atomic E-state index is 13.0. The lowest BCUT2D eigenvalue weighted by Gasteiger charge is -2.17. The van der Waals surface area contributed by atoms with Gasteiger partial charge in [0, 0.05) is 30.9 Å². The zero-order valence-electron chi connectivity index (χ0n) is 11.1. The Balaban J connectivity index is 2.08. The third kappa shape index (κ3) is 3.09. The van der Waals surface area contributed by atoms with E-state index in [1.807, 2.05) is 0 Å². The highest BCUT2D eigenvalue weighted by Crippen LogP contribution is 2.24. The fourth-order valence-corrected chi connectivity index (χ4v) is 2.28. The number of urea groups is 1. The predicted octanol–water partition coefficient (Wildman–Crippen LogP) is 2.29. The number of carboxylic acid groups (broad SMARTS) is 1. The zero-order chi connectivity index (χ0) is 15.7. The highest BCUT2D eigenvalue weighted by atomic mass is 19.2. The molecule has 2 amide bonds. The Kier molecular flexibility index (Phi) is 4.06. The minimum atomic E-state index is -1.62. The van der Waals surface area contributed by atoms with Gasteiger partial charge >= 0.3 is 12.0 Å². The first-order valence-corrected chi connectivity index (χ1v) is 6.23. The SMILES string of the molecule is C[C@@H]1CN(C(=O)Nc2cc(F)c(F)c(F)c2)C[C@H]1C(=O)O. The molecule has 0 aliphatic carbocycles. The summed E-state index contributed by atoms with van der Waals surface area (Å²) < 4.78 is 38.9. The average Bonchev–Trinajstić information content (AvgIpc) is 2.78. The molecule has 1 aromatic carbocycles. The van der Waals surface area contributed by atoms with E-state index in [0.717, 1.165) is 0 Å². The first-order chi connectivity index (χ1) is 9.79. The number of halogens is 3. The molecule has 2 rings (SSSR count). The Morgan fingerprint density at radius 3 is 2.29 bits per heavy atom. The summed E-state index contributed by atoms with van der Waals surface area (Å²) in [6, 6.07) is 0.630. The molecule has 114 valence electrons. The van der Waals surface area contributed by atoms with Crippen LogP contribution in [0, 0.1) is 29.3 Å². The fourth-order valence-electron chi connectivity index (χ4n) is 2.28. The first-order valence-electron chi connectivity index (χ1n) is 6.23. The molecule has 0 unspecified atom stereocenters. The second kappa shape index (κ2) is 5.63. The number of aliphatic carboxylic acids is 1. The number of hydrogen-bond donors (Lipinski definition) is 2. The molecule has 0 radical (unpaired) electrons. The van der Waals surface area contributed by atoms with Crippen LogP contribution in [0.1, 0.15) is 6.92 Å². The van der Waals surface area contributed by atoms with Crippen molar-refractivity contribution in [2.45, 2.75) is 6.92 Å². The lowest BCUT2D eigenvalue weighted by Crippen LogP contribution is -2.33. The number of hydrogen-bond acceptors (Lipinski definition) is 2. The van der Waals surface area contributed by atoms with E-state index in [0.29, 0.717) is 12.1 Å². The largest absolute Gasteiger partial charge is 0.481 e. The highest BCUT2D eigenvalue weighted by Gasteiger charge is 2.37. The second-order valence-corrected chi connectivity index (χ2v) is 5.01. The van der Waals surface area contributed by atoms with E-state index in [1.54, 1.807) is 6.92 Å². The van der Waals surface area contributed by atoms with Crippen molar-refractivity contribution in [3.8, 4) is 0 Å². The maximum Gasteiger partial charge on any atom is 0.321 e.